The zero-order valence-corrected chi connectivity index (χ0v) is 10.9. The van der Waals surface area contributed by atoms with E-state index in [1.54, 1.807) is 0 Å². The van der Waals surface area contributed by atoms with Crippen molar-refractivity contribution in [3.63, 3.8) is 0 Å². The van der Waals surface area contributed by atoms with E-state index >= 15 is 0 Å². The number of carbonyl (C=O) groups excluding carboxylic acids is 2. The van der Waals surface area contributed by atoms with E-state index in [1.165, 1.54) is 0 Å². The predicted molar refractivity (Wildman–Crippen MR) is 61.1 cm³/mol. The maximum absolute atomic E-state index is 11.7. The second-order valence-electron chi connectivity index (χ2n) is 3.64. The van der Waals surface area contributed by atoms with Crippen LogP contribution in [0.5, 0.6) is 0 Å². The molecule has 0 saturated carbocycles. The molecule has 3 nitrogen and oxygen atoms in total. The van der Waals surface area contributed by atoms with Crippen LogP contribution in [0.4, 0.5) is 0 Å². The van der Waals surface area contributed by atoms with Crippen LogP contribution in [0.15, 0.2) is 10.1 Å². The largest absolute Gasteiger partial charge is 0.366 e. The third-order valence-corrected chi connectivity index (χ3v) is 4.67. The van der Waals surface area contributed by atoms with Crippen molar-refractivity contribution in [2.24, 2.45) is 0 Å². The molecule has 88 valence electrons. The smallest absolute Gasteiger partial charge is 0.244 e. The topological polar surface area (TPSA) is 43.4 Å². The van der Waals surface area contributed by atoms with Gasteiger partial charge in [0.2, 0.25) is 15.9 Å². The third-order valence-electron chi connectivity index (χ3n) is 2.77. The molecule has 1 aliphatic carbocycles. The maximum Gasteiger partial charge on any atom is 0.244 e. The highest BCUT2D eigenvalue weighted by Gasteiger charge is 2.64. The van der Waals surface area contributed by atoms with Crippen molar-refractivity contribution in [1.82, 2.24) is 0 Å². The van der Waals surface area contributed by atoms with Crippen molar-refractivity contribution in [2.45, 2.75) is 22.8 Å². The molecule has 0 radical (unpaired) electrons. The molecule has 1 aliphatic heterocycles. The molecule has 0 aromatic rings. The highest BCUT2D eigenvalue weighted by atomic mass is 35.5. The van der Waals surface area contributed by atoms with Crippen molar-refractivity contribution >= 4 is 58.0 Å². The molecule has 1 spiro atoms. The van der Waals surface area contributed by atoms with Crippen LogP contribution in [-0.2, 0) is 14.3 Å². The molecule has 0 aromatic heterocycles. The highest BCUT2D eigenvalue weighted by molar-refractivity contribution is 6.75. The Morgan fingerprint density at radius 1 is 1.19 bits per heavy atom. The fourth-order valence-electron chi connectivity index (χ4n) is 1.90. The van der Waals surface area contributed by atoms with Crippen LogP contribution in [-0.4, -0.2) is 28.1 Å². The van der Waals surface area contributed by atoms with Gasteiger partial charge in [-0.2, -0.15) is 0 Å². The Bertz CT molecular complexity index is 407. The van der Waals surface area contributed by atoms with Crippen LogP contribution in [0.1, 0.15) is 12.8 Å². The van der Waals surface area contributed by atoms with Gasteiger partial charge in [-0.25, -0.2) is 0 Å². The molecule has 0 N–H and O–H groups in total. The SMILES string of the molecule is O=C1C(=O)C(Cl)(Cl)C2(CCCO2)C(Cl)=C1Cl. The van der Waals surface area contributed by atoms with Gasteiger partial charge in [0.15, 0.2) is 0 Å². The van der Waals surface area contributed by atoms with Gasteiger partial charge in [0, 0.05) is 6.61 Å². The lowest BCUT2D eigenvalue weighted by molar-refractivity contribution is -0.138. The van der Waals surface area contributed by atoms with E-state index in [9.17, 15) is 9.59 Å². The van der Waals surface area contributed by atoms with Crippen LogP contribution < -0.4 is 0 Å². The Morgan fingerprint density at radius 3 is 2.31 bits per heavy atom. The number of Topliss-reactive ketones (excluding diaryl/α,β-unsaturated/α-hetero) is 2. The Balaban J connectivity index is 2.66. The van der Waals surface area contributed by atoms with E-state index in [-0.39, 0.29) is 10.1 Å². The van der Waals surface area contributed by atoms with Crippen LogP contribution in [0.25, 0.3) is 0 Å². The number of rotatable bonds is 0. The Hall–Kier alpha value is 0.200. The average Bonchev–Trinajstić information content (AvgIpc) is 2.73. The summed E-state index contributed by atoms with van der Waals surface area (Å²) in [6.45, 7) is 0.364. The van der Waals surface area contributed by atoms with Gasteiger partial charge in [-0.3, -0.25) is 9.59 Å². The second kappa shape index (κ2) is 3.85. The van der Waals surface area contributed by atoms with E-state index in [0.29, 0.717) is 19.4 Å². The van der Waals surface area contributed by atoms with Crippen molar-refractivity contribution < 1.29 is 14.3 Å². The molecule has 0 amide bonds. The molecule has 16 heavy (non-hydrogen) atoms. The maximum atomic E-state index is 11.7. The lowest BCUT2D eigenvalue weighted by Crippen LogP contribution is -2.57. The van der Waals surface area contributed by atoms with Gasteiger partial charge in [0.1, 0.15) is 10.6 Å². The van der Waals surface area contributed by atoms with Crippen molar-refractivity contribution in [3.8, 4) is 0 Å². The lowest BCUT2D eigenvalue weighted by Gasteiger charge is -2.40. The van der Waals surface area contributed by atoms with Crippen LogP contribution >= 0.6 is 46.4 Å². The molecular weight excluding hydrogens is 298 g/mol. The number of carbonyl (C=O) groups is 2. The fourth-order valence-corrected chi connectivity index (χ4v) is 3.27. The van der Waals surface area contributed by atoms with Gasteiger partial charge >= 0.3 is 0 Å². The number of ether oxygens (including phenoxy) is 1. The van der Waals surface area contributed by atoms with Crippen LogP contribution in [0, 0.1) is 0 Å². The molecule has 0 bridgehead atoms. The molecule has 0 aromatic carbocycles. The third kappa shape index (κ3) is 1.39. The minimum atomic E-state index is -2.00. The van der Waals surface area contributed by atoms with E-state index in [4.69, 9.17) is 51.1 Å². The van der Waals surface area contributed by atoms with Gasteiger partial charge in [-0.1, -0.05) is 46.4 Å². The Morgan fingerprint density at radius 2 is 1.81 bits per heavy atom. The minimum absolute atomic E-state index is 0.0822. The first-order chi connectivity index (χ1) is 7.34. The van der Waals surface area contributed by atoms with Crippen molar-refractivity contribution in [1.29, 1.82) is 0 Å². The number of hydrogen-bond donors (Lipinski definition) is 0. The molecule has 2 aliphatic rings. The summed E-state index contributed by atoms with van der Waals surface area (Å²) in [5.41, 5.74) is -1.38. The molecule has 1 fully saturated rings. The van der Waals surface area contributed by atoms with E-state index in [1.807, 2.05) is 0 Å². The zero-order valence-electron chi connectivity index (χ0n) is 7.86. The first-order valence-corrected chi connectivity index (χ1v) is 6.02. The van der Waals surface area contributed by atoms with Crippen LogP contribution in [0.2, 0.25) is 0 Å². The normalized spacial score (nSPS) is 34.0. The molecule has 2 rings (SSSR count). The summed E-state index contributed by atoms with van der Waals surface area (Å²) in [7, 11) is 0. The first kappa shape index (κ1) is 12.7. The molecule has 1 atom stereocenters. The quantitative estimate of drug-likeness (QED) is 0.510. The highest BCUT2D eigenvalue weighted by Crippen LogP contribution is 2.54. The van der Waals surface area contributed by atoms with Crippen molar-refractivity contribution in [3.05, 3.63) is 10.1 Å². The van der Waals surface area contributed by atoms with Gasteiger partial charge in [0.05, 0.1) is 5.03 Å². The molecule has 1 unspecified atom stereocenters. The summed E-state index contributed by atoms with van der Waals surface area (Å²) < 4.78 is 3.38. The van der Waals surface area contributed by atoms with Gasteiger partial charge < -0.3 is 4.74 Å². The summed E-state index contributed by atoms with van der Waals surface area (Å²) in [6, 6.07) is 0. The number of hydrogen-bond acceptors (Lipinski definition) is 3. The number of ketones is 2. The molecule has 7 heteroatoms. The lowest BCUT2D eigenvalue weighted by atomic mass is 9.85. The molecule has 1 saturated heterocycles. The van der Waals surface area contributed by atoms with E-state index < -0.39 is 21.5 Å². The summed E-state index contributed by atoms with van der Waals surface area (Å²) in [6.07, 6.45) is 0.997. The zero-order chi connectivity index (χ0) is 12.1. The summed E-state index contributed by atoms with van der Waals surface area (Å²) in [5.74, 6) is -1.97. The number of alkyl halides is 2. The minimum Gasteiger partial charge on any atom is -0.366 e. The molecular formula is C9H6Cl4O3. The Kier molecular flexibility index (Phi) is 3.05. The second-order valence-corrected chi connectivity index (χ2v) is 5.72. The number of halogens is 4. The summed E-state index contributed by atoms with van der Waals surface area (Å²) in [4.78, 5) is 23.1. The summed E-state index contributed by atoms with van der Waals surface area (Å²) in [5, 5.41) is -0.438. The average molecular weight is 304 g/mol. The molecule has 1 heterocycles. The van der Waals surface area contributed by atoms with Crippen LogP contribution in [0.3, 0.4) is 0 Å². The summed E-state index contributed by atoms with van der Waals surface area (Å²) >= 11 is 23.5. The first-order valence-electron chi connectivity index (χ1n) is 4.51. The number of allylic oxidation sites excluding steroid dienone is 1. The fraction of sp³-hybridized carbons (Fsp3) is 0.556. The Labute approximate surface area is 112 Å². The van der Waals surface area contributed by atoms with Crippen molar-refractivity contribution in [2.75, 3.05) is 6.61 Å². The monoisotopic (exact) mass is 302 g/mol. The van der Waals surface area contributed by atoms with Gasteiger partial charge in [-0.05, 0) is 12.8 Å². The standard InChI is InChI=1S/C9H6Cl4O3/c10-4-5(14)7(15)9(12,13)8(6(4)11)2-1-3-16-8/h1-3H2. The predicted octanol–water partition coefficient (Wildman–Crippen LogP) is 2.55. The van der Waals surface area contributed by atoms with E-state index in [2.05, 4.69) is 0 Å². The van der Waals surface area contributed by atoms with Gasteiger partial charge in [0.25, 0.3) is 0 Å². The van der Waals surface area contributed by atoms with Gasteiger partial charge in [-0.15, -0.1) is 0 Å². The van der Waals surface area contributed by atoms with E-state index in [0.717, 1.165) is 0 Å².